The van der Waals surface area contributed by atoms with Crippen molar-refractivity contribution in [2.45, 2.75) is 6.42 Å². The molecular formula is C12H14N2O3. The lowest BCUT2D eigenvalue weighted by Gasteiger charge is -2.01. The SMILES string of the molecule is CNCCC(=O)c1ccc2oc(=O)n(C)c2c1. The number of benzene rings is 1. The molecular weight excluding hydrogens is 220 g/mol. The number of ketones is 1. The molecule has 0 amide bonds. The largest absolute Gasteiger partial charge is 0.419 e. The van der Waals surface area contributed by atoms with Crippen LogP contribution in [0.25, 0.3) is 11.1 Å². The second-order valence-corrected chi connectivity index (χ2v) is 3.89. The third-order valence-corrected chi connectivity index (χ3v) is 2.72. The van der Waals surface area contributed by atoms with Crippen LogP contribution in [0.15, 0.2) is 27.4 Å². The summed E-state index contributed by atoms with van der Waals surface area (Å²) < 4.78 is 6.39. The van der Waals surface area contributed by atoms with Crippen LogP contribution in [-0.4, -0.2) is 23.9 Å². The minimum absolute atomic E-state index is 0.0508. The van der Waals surface area contributed by atoms with Crippen molar-refractivity contribution in [2.24, 2.45) is 7.05 Å². The van der Waals surface area contributed by atoms with Crippen LogP contribution in [0.5, 0.6) is 0 Å². The van der Waals surface area contributed by atoms with Gasteiger partial charge in [0.25, 0.3) is 0 Å². The predicted octanol–water partition coefficient (Wildman–Crippen LogP) is 0.924. The van der Waals surface area contributed by atoms with E-state index < -0.39 is 5.76 Å². The van der Waals surface area contributed by atoms with E-state index in [2.05, 4.69) is 5.32 Å². The third kappa shape index (κ3) is 2.14. The molecule has 17 heavy (non-hydrogen) atoms. The summed E-state index contributed by atoms with van der Waals surface area (Å²) in [4.78, 5) is 23.1. The van der Waals surface area contributed by atoms with Gasteiger partial charge in [0.15, 0.2) is 11.4 Å². The molecule has 1 N–H and O–H groups in total. The fourth-order valence-corrected chi connectivity index (χ4v) is 1.68. The van der Waals surface area contributed by atoms with Crippen molar-refractivity contribution in [1.82, 2.24) is 9.88 Å². The molecule has 0 spiro atoms. The molecule has 0 saturated carbocycles. The molecule has 5 heteroatoms. The summed E-state index contributed by atoms with van der Waals surface area (Å²) in [7, 11) is 3.42. The van der Waals surface area contributed by atoms with Crippen LogP contribution in [-0.2, 0) is 7.05 Å². The highest BCUT2D eigenvalue weighted by atomic mass is 16.4. The Labute approximate surface area is 98.0 Å². The van der Waals surface area contributed by atoms with Crippen molar-refractivity contribution in [3.05, 3.63) is 34.3 Å². The van der Waals surface area contributed by atoms with Crippen LogP contribution in [0.4, 0.5) is 0 Å². The highest BCUT2D eigenvalue weighted by Crippen LogP contribution is 2.15. The molecule has 0 saturated heterocycles. The number of Topliss-reactive ketones (excluding diaryl/α,β-unsaturated/α-hetero) is 1. The number of hydrogen-bond acceptors (Lipinski definition) is 4. The number of aromatic nitrogens is 1. The van der Waals surface area contributed by atoms with Crippen molar-refractivity contribution >= 4 is 16.9 Å². The lowest BCUT2D eigenvalue weighted by Crippen LogP contribution is -2.13. The Morgan fingerprint density at radius 3 is 2.94 bits per heavy atom. The number of nitrogens with zero attached hydrogens (tertiary/aromatic N) is 1. The minimum Gasteiger partial charge on any atom is -0.408 e. The predicted molar refractivity (Wildman–Crippen MR) is 64.3 cm³/mol. The zero-order valence-electron chi connectivity index (χ0n) is 9.82. The molecule has 0 radical (unpaired) electrons. The van der Waals surface area contributed by atoms with E-state index in [4.69, 9.17) is 4.42 Å². The second kappa shape index (κ2) is 4.55. The maximum Gasteiger partial charge on any atom is 0.419 e. The van der Waals surface area contributed by atoms with Crippen LogP contribution >= 0.6 is 0 Å². The van der Waals surface area contributed by atoms with Crippen molar-refractivity contribution in [3.8, 4) is 0 Å². The average Bonchev–Trinajstić information content (AvgIpc) is 2.62. The second-order valence-electron chi connectivity index (χ2n) is 3.89. The highest BCUT2D eigenvalue weighted by molar-refractivity contribution is 5.98. The Bertz CT molecular complexity index is 610. The average molecular weight is 234 g/mol. The summed E-state index contributed by atoms with van der Waals surface area (Å²) in [5.41, 5.74) is 1.75. The van der Waals surface area contributed by atoms with Crippen LogP contribution < -0.4 is 11.1 Å². The standard InChI is InChI=1S/C12H14N2O3/c1-13-6-5-10(15)8-3-4-11-9(7-8)14(2)12(16)17-11/h3-4,7,13H,5-6H2,1-2H3. The van der Waals surface area contributed by atoms with E-state index in [0.717, 1.165) is 0 Å². The quantitative estimate of drug-likeness (QED) is 0.799. The molecule has 0 aliphatic carbocycles. The first-order valence-corrected chi connectivity index (χ1v) is 5.41. The molecule has 1 aromatic heterocycles. The normalized spacial score (nSPS) is 10.9. The van der Waals surface area contributed by atoms with E-state index in [1.165, 1.54) is 4.57 Å². The molecule has 0 aliphatic heterocycles. The first kappa shape index (κ1) is 11.6. The summed E-state index contributed by atoms with van der Waals surface area (Å²) >= 11 is 0. The Balaban J connectivity index is 2.40. The highest BCUT2D eigenvalue weighted by Gasteiger charge is 2.10. The van der Waals surface area contributed by atoms with Gasteiger partial charge in [-0.3, -0.25) is 9.36 Å². The number of fused-ring (bicyclic) bond motifs is 1. The van der Waals surface area contributed by atoms with Crippen molar-refractivity contribution in [1.29, 1.82) is 0 Å². The van der Waals surface area contributed by atoms with Gasteiger partial charge >= 0.3 is 5.76 Å². The number of aryl methyl sites for hydroxylation is 1. The van der Waals surface area contributed by atoms with E-state index in [1.807, 2.05) is 0 Å². The molecule has 0 aliphatic rings. The molecule has 90 valence electrons. The number of hydrogen-bond donors (Lipinski definition) is 1. The molecule has 0 atom stereocenters. The Morgan fingerprint density at radius 2 is 2.24 bits per heavy atom. The van der Waals surface area contributed by atoms with E-state index in [1.54, 1.807) is 32.3 Å². The van der Waals surface area contributed by atoms with E-state index >= 15 is 0 Å². The number of nitrogens with one attached hydrogen (secondary N) is 1. The summed E-state index contributed by atoms with van der Waals surface area (Å²) in [5, 5.41) is 2.93. The minimum atomic E-state index is -0.417. The summed E-state index contributed by atoms with van der Waals surface area (Å²) in [6.07, 6.45) is 0.438. The summed E-state index contributed by atoms with van der Waals surface area (Å²) in [5.74, 6) is -0.366. The van der Waals surface area contributed by atoms with Crippen molar-refractivity contribution in [3.63, 3.8) is 0 Å². The molecule has 1 heterocycles. The van der Waals surface area contributed by atoms with Crippen LogP contribution in [0.3, 0.4) is 0 Å². The molecule has 0 bridgehead atoms. The van der Waals surface area contributed by atoms with E-state index in [0.29, 0.717) is 29.6 Å². The molecule has 5 nitrogen and oxygen atoms in total. The molecule has 1 aromatic carbocycles. The molecule has 0 fully saturated rings. The van der Waals surface area contributed by atoms with Crippen LogP contribution in [0.1, 0.15) is 16.8 Å². The van der Waals surface area contributed by atoms with Gasteiger partial charge in [0, 0.05) is 25.6 Å². The van der Waals surface area contributed by atoms with Gasteiger partial charge in [0.2, 0.25) is 0 Å². The van der Waals surface area contributed by atoms with Gasteiger partial charge in [-0.05, 0) is 25.2 Å². The zero-order chi connectivity index (χ0) is 12.4. The van der Waals surface area contributed by atoms with Gasteiger partial charge in [-0.15, -0.1) is 0 Å². The summed E-state index contributed by atoms with van der Waals surface area (Å²) in [6.45, 7) is 0.640. The fraction of sp³-hybridized carbons (Fsp3) is 0.333. The third-order valence-electron chi connectivity index (χ3n) is 2.72. The zero-order valence-corrected chi connectivity index (χ0v) is 9.82. The van der Waals surface area contributed by atoms with Gasteiger partial charge in [0.05, 0.1) is 5.52 Å². The maximum absolute atomic E-state index is 11.8. The van der Waals surface area contributed by atoms with Crippen LogP contribution in [0, 0.1) is 0 Å². The number of carbonyl (C=O) groups is 1. The molecule has 0 unspecified atom stereocenters. The lowest BCUT2D eigenvalue weighted by molar-refractivity contribution is 0.0983. The fourth-order valence-electron chi connectivity index (χ4n) is 1.68. The van der Waals surface area contributed by atoms with Gasteiger partial charge in [-0.1, -0.05) is 0 Å². The molecule has 2 rings (SSSR count). The van der Waals surface area contributed by atoms with E-state index in [-0.39, 0.29) is 5.78 Å². The maximum atomic E-state index is 11.8. The van der Waals surface area contributed by atoms with Crippen molar-refractivity contribution in [2.75, 3.05) is 13.6 Å². The van der Waals surface area contributed by atoms with Crippen LogP contribution in [0.2, 0.25) is 0 Å². The smallest absolute Gasteiger partial charge is 0.408 e. The Morgan fingerprint density at radius 1 is 1.47 bits per heavy atom. The van der Waals surface area contributed by atoms with Gasteiger partial charge in [0.1, 0.15) is 0 Å². The van der Waals surface area contributed by atoms with Gasteiger partial charge < -0.3 is 9.73 Å². The number of carbonyl (C=O) groups excluding carboxylic acids is 1. The van der Waals surface area contributed by atoms with Gasteiger partial charge in [-0.25, -0.2) is 4.79 Å². The molecule has 2 aromatic rings. The monoisotopic (exact) mass is 234 g/mol. The number of rotatable bonds is 4. The van der Waals surface area contributed by atoms with Crippen molar-refractivity contribution < 1.29 is 9.21 Å². The Kier molecular flexibility index (Phi) is 3.10. The van der Waals surface area contributed by atoms with E-state index in [9.17, 15) is 9.59 Å². The number of oxazole rings is 1. The first-order chi connectivity index (χ1) is 8.13. The summed E-state index contributed by atoms with van der Waals surface area (Å²) in [6, 6.07) is 5.03. The topological polar surface area (TPSA) is 64.2 Å². The Hall–Kier alpha value is -1.88. The lowest BCUT2D eigenvalue weighted by atomic mass is 10.1. The first-order valence-electron chi connectivity index (χ1n) is 5.41. The van der Waals surface area contributed by atoms with Gasteiger partial charge in [-0.2, -0.15) is 0 Å².